The van der Waals surface area contributed by atoms with Gasteiger partial charge in [0, 0.05) is 13.1 Å². The van der Waals surface area contributed by atoms with Crippen LogP contribution in [-0.2, 0) is 14.8 Å². The molecule has 0 spiro atoms. The second-order valence-corrected chi connectivity index (χ2v) is 7.65. The first-order chi connectivity index (χ1) is 10.9. The summed E-state index contributed by atoms with van der Waals surface area (Å²) in [5, 5.41) is 5.84. The van der Waals surface area contributed by atoms with Crippen molar-refractivity contribution in [3.63, 3.8) is 0 Å². The molecular weight excluding hydrogens is 321 g/mol. The number of benzene rings is 1. The van der Waals surface area contributed by atoms with Crippen molar-refractivity contribution in [2.45, 2.75) is 31.0 Å². The van der Waals surface area contributed by atoms with Gasteiger partial charge in [-0.05, 0) is 26.0 Å². The highest BCUT2D eigenvalue weighted by atomic mass is 32.2. The van der Waals surface area contributed by atoms with E-state index in [4.69, 9.17) is 4.74 Å². The normalized spacial score (nSPS) is 23.1. The number of halogens is 1. The van der Waals surface area contributed by atoms with Crippen LogP contribution in [-0.4, -0.2) is 42.1 Å². The molecule has 1 saturated heterocycles. The fourth-order valence-electron chi connectivity index (χ4n) is 2.64. The van der Waals surface area contributed by atoms with E-state index in [1.807, 2.05) is 6.92 Å². The van der Waals surface area contributed by atoms with E-state index in [0.717, 1.165) is 5.56 Å². The molecule has 1 aromatic carbocycles. The van der Waals surface area contributed by atoms with Crippen molar-refractivity contribution in [2.75, 3.05) is 13.1 Å². The van der Waals surface area contributed by atoms with Crippen molar-refractivity contribution >= 4 is 10.0 Å². The highest BCUT2D eigenvalue weighted by molar-refractivity contribution is 7.89. The van der Waals surface area contributed by atoms with Gasteiger partial charge in [-0.1, -0.05) is 17.7 Å². The molecule has 124 valence electrons. The molecule has 0 saturated carbocycles. The third-order valence-electron chi connectivity index (χ3n) is 3.85. The minimum Gasteiger partial charge on any atom is -0.368 e. The zero-order valence-electron chi connectivity index (χ0n) is 12.9. The molecule has 23 heavy (non-hydrogen) atoms. The molecule has 8 heteroatoms. The van der Waals surface area contributed by atoms with Crippen molar-refractivity contribution in [1.82, 2.24) is 14.5 Å². The van der Waals surface area contributed by atoms with Gasteiger partial charge in [-0.25, -0.2) is 8.42 Å². The maximum Gasteiger partial charge on any atom is 0.243 e. The van der Waals surface area contributed by atoms with E-state index in [9.17, 15) is 12.8 Å². The molecule has 3 rings (SSSR count). The van der Waals surface area contributed by atoms with Crippen LogP contribution < -0.4 is 0 Å². The lowest BCUT2D eigenvalue weighted by molar-refractivity contribution is -0.0571. The number of nitrogens with one attached hydrogen (secondary N) is 1. The molecule has 2 atom stereocenters. The highest BCUT2D eigenvalue weighted by Crippen LogP contribution is 2.29. The number of sulfonamides is 1. The van der Waals surface area contributed by atoms with Crippen LogP contribution in [0.15, 0.2) is 35.4 Å². The number of aryl methyl sites for hydroxylation is 1. The van der Waals surface area contributed by atoms with Crippen LogP contribution in [0.2, 0.25) is 0 Å². The number of hydrogen-bond acceptors (Lipinski definition) is 4. The summed E-state index contributed by atoms with van der Waals surface area (Å²) in [6, 6.07) is 6.67. The van der Waals surface area contributed by atoms with Gasteiger partial charge in [-0.15, -0.1) is 0 Å². The molecule has 1 aliphatic heterocycles. The first-order valence-corrected chi connectivity index (χ1v) is 8.73. The molecule has 1 fully saturated rings. The van der Waals surface area contributed by atoms with Crippen LogP contribution in [0.25, 0.3) is 0 Å². The maximum atomic E-state index is 13.7. The summed E-state index contributed by atoms with van der Waals surface area (Å²) in [7, 11) is -3.65. The van der Waals surface area contributed by atoms with Crippen LogP contribution in [0, 0.1) is 12.9 Å². The van der Waals surface area contributed by atoms with E-state index in [1.165, 1.54) is 10.5 Å². The second kappa shape index (κ2) is 6.03. The van der Waals surface area contributed by atoms with Gasteiger partial charge in [0.25, 0.3) is 0 Å². The van der Waals surface area contributed by atoms with Gasteiger partial charge < -0.3 is 4.74 Å². The fourth-order valence-corrected chi connectivity index (χ4v) is 4.16. The molecule has 0 radical (unpaired) electrons. The Morgan fingerprint density at radius 1 is 1.30 bits per heavy atom. The molecule has 0 amide bonds. The summed E-state index contributed by atoms with van der Waals surface area (Å²) in [6.07, 6.45) is 0.301. The number of morpholine rings is 1. The monoisotopic (exact) mass is 339 g/mol. The molecule has 2 heterocycles. The molecule has 0 unspecified atom stereocenters. The lowest BCUT2D eigenvalue weighted by Gasteiger charge is -2.35. The van der Waals surface area contributed by atoms with Gasteiger partial charge >= 0.3 is 0 Å². The molecule has 0 bridgehead atoms. The Kier molecular flexibility index (Phi) is 4.22. The summed E-state index contributed by atoms with van der Waals surface area (Å²) < 4.78 is 46.3. The Morgan fingerprint density at radius 2 is 2.00 bits per heavy atom. The Labute approximate surface area is 134 Å². The fraction of sp³-hybridized carbons (Fsp3) is 0.400. The molecule has 6 nitrogen and oxygen atoms in total. The largest absolute Gasteiger partial charge is 0.368 e. The highest BCUT2D eigenvalue weighted by Gasteiger charge is 2.35. The summed E-state index contributed by atoms with van der Waals surface area (Å²) in [5.41, 5.74) is 1.22. The van der Waals surface area contributed by atoms with E-state index in [1.54, 1.807) is 31.2 Å². The molecule has 1 aliphatic rings. The van der Waals surface area contributed by atoms with Gasteiger partial charge in [0.05, 0.1) is 22.8 Å². The number of ether oxygens (including phenoxy) is 1. The maximum absolute atomic E-state index is 13.7. The number of rotatable bonds is 3. The van der Waals surface area contributed by atoms with Crippen molar-refractivity contribution in [3.05, 3.63) is 47.5 Å². The number of nitrogens with zero attached hydrogens (tertiary/aromatic N) is 2. The molecule has 0 aliphatic carbocycles. The number of H-pyrrole nitrogens is 1. The third-order valence-corrected chi connectivity index (χ3v) is 5.70. The van der Waals surface area contributed by atoms with Gasteiger partial charge in [0.15, 0.2) is 0 Å². The van der Waals surface area contributed by atoms with Crippen molar-refractivity contribution in [2.24, 2.45) is 0 Å². The quantitative estimate of drug-likeness (QED) is 0.928. The summed E-state index contributed by atoms with van der Waals surface area (Å²) in [5.74, 6) is -0.600. The third kappa shape index (κ3) is 3.15. The van der Waals surface area contributed by atoms with Crippen molar-refractivity contribution < 1.29 is 17.5 Å². The average Bonchev–Trinajstić information content (AvgIpc) is 2.93. The van der Waals surface area contributed by atoms with E-state index in [-0.39, 0.29) is 29.7 Å². The minimum absolute atomic E-state index is 0.0526. The lowest BCUT2D eigenvalue weighted by atomic mass is 10.1. The second-order valence-electron chi connectivity index (χ2n) is 5.71. The van der Waals surface area contributed by atoms with E-state index in [2.05, 4.69) is 10.2 Å². The molecular formula is C15H18FN3O3S. The Balaban J connectivity index is 1.89. The van der Waals surface area contributed by atoms with Crippen LogP contribution in [0.4, 0.5) is 4.39 Å². The molecule has 2 aromatic rings. The molecule has 1 aromatic heterocycles. The topological polar surface area (TPSA) is 75.3 Å². The summed E-state index contributed by atoms with van der Waals surface area (Å²) in [6.45, 7) is 3.94. The van der Waals surface area contributed by atoms with Crippen molar-refractivity contribution in [1.29, 1.82) is 0 Å². The minimum atomic E-state index is -3.65. The first-order valence-electron chi connectivity index (χ1n) is 7.29. The van der Waals surface area contributed by atoms with E-state index < -0.39 is 22.1 Å². The predicted molar refractivity (Wildman–Crippen MR) is 81.8 cm³/mol. The zero-order valence-corrected chi connectivity index (χ0v) is 13.7. The number of hydrogen-bond donors (Lipinski definition) is 1. The smallest absolute Gasteiger partial charge is 0.243 e. The predicted octanol–water partition coefficient (Wildman–Crippen LogP) is 2.01. The first kappa shape index (κ1) is 16.1. The lowest BCUT2D eigenvalue weighted by Crippen LogP contribution is -2.45. The Morgan fingerprint density at radius 3 is 2.61 bits per heavy atom. The van der Waals surface area contributed by atoms with Gasteiger partial charge in [-0.2, -0.15) is 13.8 Å². The van der Waals surface area contributed by atoms with Gasteiger partial charge in [-0.3, -0.25) is 5.10 Å². The zero-order chi connectivity index (χ0) is 16.6. The number of aromatic amines is 1. The van der Waals surface area contributed by atoms with Crippen molar-refractivity contribution in [3.8, 4) is 0 Å². The van der Waals surface area contributed by atoms with Crippen LogP contribution >= 0.6 is 0 Å². The summed E-state index contributed by atoms with van der Waals surface area (Å²) in [4.78, 5) is 0.226. The summed E-state index contributed by atoms with van der Waals surface area (Å²) >= 11 is 0. The Hall–Kier alpha value is -1.77. The molecule has 1 N–H and O–H groups in total. The van der Waals surface area contributed by atoms with Gasteiger partial charge in [0.1, 0.15) is 6.10 Å². The van der Waals surface area contributed by atoms with Crippen LogP contribution in [0.1, 0.15) is 24.2 Å². The average molecular weight is 339 g/mol. The van der Waals surface area contributed by atoms with E-state index >= 15 is 0 Å². The van der Waals surface area contributed by atoms with Crippen LogP contribution in [0.5, 0.6) is 0 Å². The van der Waals surface area contributed by atoms with E-state index in [0.29, 0.717) is 0 Å². The standard InChI is InChI=1S/C15H18FN3O3S/c1-10-3-5-12(6-4-10)23(20,21)19-8-11(2)22-14(9-19)13-7-17-18-15(13)16/h3-7,11,14H,8-9H2,1-2H3,(H,17,18)/t11-,14-/m1/s1. The SMILES string of the molecule is Cc1ccc(S(=O)(=O)N2C[C@@H](C)O[C@@H](c3cn[nH]c3F)C2)cc1. The number of aromatic nitrogens is 2. The van der Waals surface area contributed by atoms with Gasteiger partial charge in [0.2, 0.25) is 16.0 Å². The van der Waals surface area contributed by atoms with Crippen LogP contribution in [0.3, 0.4) is 0 Å². The Bertz CT molecular complexity index is 789.